The van der Waals surface area contributed by atoms with Crippen molar-refractivity contribution in [2.45, 2.75) is 30.9 Å². The van der Waals surface area contributed by atoms with Gasteiger partial charge in [-0.2, -0.15) is 0 Å². The maximum absolute atomic E-state index is 10.0. The van der Waals surface area contributed by atoms with Gasteiger partial charge in [-0.15, -0.1) is 0 Å². The summed E-state index contributed by atoms with van der Waals surface area (Å²) < 4.78 is 0. The van der Waals surface area contributed by atoms with Gasteiger partial charge >= 0.3 is 0 Å². The molecule has 0 aromatic rings. The van der Waals surface area contributed by atoms with E-state index in [-0.39, 0.29) is 11.6 Å². The summed E-state index contributed by atoms with van der Waals surface area (Å²) in [5, 5.41) is 10.0. The molecule has 0 amide bonds. The van der Waals surface area contributed by atoms with Crippen LogP contribution in [0.4, 0.5) is 0 Å². The fraction of sp³-hybridized carbons (Fsp3) is 1.00. The molecule has 0 bridgehead atoms. The number of piperidine rings is 1. The van der Waals surface area contributed by atoms with Crippen molar-refractivity contribution in [2.24, 2.45) is 0 Å². The average Bonchev–Trinajstić information content (AvgIpc) is 2.39. The van der Waals surface area contributed by atoms with Crippen LogP contribution in [0.25, 0.3) is 0 Å². The van der Waals surface area contributed by atoms with Crippen LogP contribution >= 0.6 is 0 Å². The van der Waals surface area contributed by atoms with Crippen molar-refractivity contribution in [1.82, 2.24) is 9.80 Å². The van der Waals surface area contributed by atoms with Gasteiger partial charge in [0.25, 0.3) is 0 Å². The molecule has 0 radical (unpaired) electrons. The highest BCUT2D eigenvalue weighted by Gasteiger charge is 2.47. The van der Waals surface area contributed by atoms with E-state index in [9.17, 15) is 5.11 Å². The molecule has 1 atom stereocenters. The Labute approximate surface area is 80.3 Å². The van der Waals surface area contributed by atoms with Crippen LogP contribution in [-0.2, 0) is 0 Å². The molecule has 0 aromatic heterocycles. The lowest BCUT2D eigenvalue weighted by atomic mass is 9.83. The van der Waals surface area contributed by atoms with Crippen molar-refractivity contribution in [3.05, 3.63) is 0 Å². The van der Waals surface area contributed by atoms with Crippen LogP contribution in [0.2, 0.25) is 0 Å². The Morgan fingerprint density at radius 2 is 1.77 bits per heavy atom. The summed E-state index contributed by atoms with van der Waals surface area (Å²) >= 11 is 0. The first-order chi connectivity index (χ1) is 6.15. The van der Waals surface area contributed by atoms with Crippen LogP contribution in [0.3, 0.4) is 0 Å². The molecular formula is C10H20N2O. The molecule has 2 saturated heterocycles. The molecule has 3 heteroatoms. The summed E-state index contributed by atoms with van der Waals surface area (Å²) in [5.41, 5.74) is 0.118. The van der Waals surface area contributed by atoms with E-state index in [1.807, 2.05) is 0 Å². The first kappa shape index (κ1) is 9.44. The van der Waals surface area contributed by atoms with Gasteiger partial charge in [-0.1, -0.05) is 0 Å². The van der Waals surface area contributed by atoms with Crippen molar-refractivity contribution in [2.75, 3.05) is 33.7 Å². The van der Waals surface area contributed by atoms with E-state index < -0.39 is 0 Å². The molecule has 1 spiro atoms. The summed E-state index contributed by atoms with van der Waals surface area (Å²) in [5.74, 6) is 0. The third-order valence-corrected chi connectivity index (χ3v) is 3.97. The molecule has 3 nitrogen and oxygen atoms in total. The van der Waals surface area contributed by atoms with Gasteiger partial charge in [0.15, 0.2) is 0 Å². The molecule has 2 aliphatic rings. The summed E-state index contributed by atoms with van der Waals surface area (Å²) in [6.07, 6.45) is 3.12. The van der Waals surface area contributed by atoms with Crippen LogP contribution in [0, 0.1) is 0 Å². The van der Waals surface area contributed by atoms with E-state index in [1.54, 1.807) is 0 Å². The Bertz CT molecular complexity index is 175. The van der Waals surface area contributed by atoms with Crippen LogP contribution in [-0.4, -0.2) is 60.3 Å². The van der Waals surface area contributed by atoms with E-state index in [4.69, 9.17) is 0 Å². The molecule has 1 unspecified atom stereocenters. The van der Waals surface area contributed by atoms with Crippen molar-refractivity contribution in [3.63, 3.8) is 0 Å². The third-order valence-electron chi connectivity index (χ3n) is 3.97. The normalized spacial score (nSPS) is 35.8. The Balaban J connectivity index is 2.10. The highest BCUT2D eigenvalue weighted by Crippen LogP contribution is 2.36. The average molecular weight is 184 g/mol. The van der Waals surface area contributed by atoms with Gasteiger partial charge < -0.3 is 10.0 Å². The zero-order chi connectivity index (χ0) is 9.47. The number of aliphatic hydroxyl groups excluding tert-OH is 1. The van der Waals surface area contributed by atoms with Crippen LogP contribution in [0.15, 0.2) is 0 Å². The molecule has 0 aromatic carbocycles. The molecular weight excluding hydrogens is 164 g/mol. The Morgan fingerprint density at radius 3 is 2.23 bits per heavy atom. The molecule has 2 rings (SSSR count). The fourth-order valence-electron chi connectivity index (χ4n) is 2.78. The summed E-state index contributed by atoms with van der Waals surface area (Å²) in [6.45, 7) is 3.31. The Morgan fingerprint density at radius 1 is 1.15 bits per heavy atom. The second kappa shape index (κ2) is 3.23. The minimum absolute atomic E-state index is 0.0915. The van der Waals surface area contributed by atoms with Gasteiger partial charge in [-0.3, -0.25) is 4.90 Å². The van der Waals surface area contributed by atoms with Crippen LogP contribution < -0.4 is 0 Å². The van der Waals surface area contributed by atoms with Crippen molar-refractivity contribution in [3.8, 4) is 0 Å². The summed E-state index contributed by atoms with van der Waals surface area (Å²) in [4.78, 5) is 4.72. The van der Waals surface area contributed by atoms with Gasteiger partial charge in [-0.25, -0.2) is 0 Å². The Kier molecular flexibility index (Phi) is 2.34. The highest BCUT2D eigenvalue weighted by molar-refractivity contribution is 5.03. The predicted molar refractivity (Wildman–Crippen MR) is 52.7 cm³/mol. The van der Waals surface area contributed by atoms with E-state index >= 15 is 0 Å². The van der Waals surface area contributed by atoms with Gasteiger partial charge in [-0.05, 0) is 46.4 Å². The lowest BCUT2D eigenvalue weighted by Gasteiger charge is -2.44. The van der Waals surface area contributed by atoms with Gasteiger partial charge in [0, 0.05) is 12.1 Å². The zero-order valence-electron chi connectivity index (χ0n) is 8.66. The van der Waals surface area contributed by atoms with Crippen molar-refractivity contribution < 1.29 is 5.11 Å². The lowest BCUT2D eigenvalue weighted by molar-refractivity contribution is -0.00451. The lowest BCUT2D eigenvalue weighted by Crippen LogP contribution is -2.55. The van der Waals surface area contributed by atoms with Crippen LogP contribution in [0.5, 0.6) is 0 Å². The number of nitrogens with zero attached hydrogens (tertiary/aromatic N) is 2. The van der Waals surface area contributed by atoms with Gasteiger partial charge in [0.05, 0.1) is 6.10 Å². The summed E-state index contributed by atoms with van der Waals surface area (Å²) in [6, 6.07) is 0. The standard InChI is InChI=1S/C10H20N2O/c1-11-7-4-10(5-8-11)9(13)3-6-12(10)2/h9,13H,3-8H2,1-2H3. The number of likely N-dealkylation sites (tertiary alicyclic amines) is 2. The van der Waals surface area contributed by atoms with E-state index in [0.717, 1.165) is 38.9 Å². The second-order valence-corrected chi connectivity index (χ2v) is 4.63. The number of aliphatic hydroxyl groups is 1. The topological polar surface area (TPSA) is 26.7 Å². The first-order valence-electron chi connectivity index (χ1n) is 5.23. The van der Waals surface area contributed by atoms with Crippen molar-refractivity contribution >= 4 is 0 Å². The molecule has 76 valence electrons. The monoisotopic (exact) mass is 184 g/mol. The first-order valence-corrected chi connectivity index (χ1v) is 5.23. The maximum atomic E-state index is 10.0. The molecule has 2 fully saturated rings. The SMILES string of the molecule is CN1CCC2(CC1)C(O)CCN2C. The third kappa shape index (κ3) is 1.39. The minimum Gasteiger partial charge on any atom is -0.391 e. The van der Waals surface area contributed by atoms with Crippen LogP contribution in [0.1, 0.15) is 19.3 Å². The number of hydrogen-bond acceptors (Lipinski definition) is 3. The molecule has 0 aliphatic carbocycles. The van der Waals surface area contributed by atoms with E-state index in [2.05, 4.69) is 23.9 Å². The zero-order valence-corrected chi connectivity index (χ0v) is 8.66. The molecule has 2 aliphatic heterocycles. The predicted octanol–water partition coefficient (Wildman–Crippen LogP) is 0.147. The fourth-order valence-corrected chi connectivity index (χ4v) is 2.78. The highest BCUT2D eigenvalue weighted by atomic mass is 16.3. The quantitative estimate of drug-likeness (QED) is 0.580. The minimum atomic E-state index is -0.0915. The van der Waals surface area contributed by atoms with Gasteiger partial charge in [0.2, 0.25) is 0 Å². The number of hydrogen-bond donors (Lipinski definition) is 1. The summed E-state index contributed by atoms with van der Waals surface area (Å²) in [7, 11) is 4.32. The van der Waals surface area contributed by atoms with Gasteiger partial charge in [0.1, 0.15) is 0 Å². The van der Waals surface area contributed by atoms with E-state index in [0.29, 0.717) is 0 Å². The number of likely N-dealkylation sites (N-methyl/N-ethyl adjacent to an activating group) is 1. The second-order valence-electron chi connectivity index (χ2n) is 4.63. The molecule has 2 heterocycles. The van der Waals surface area contributed by atoms with E-state index in [1.165, 1.54) is 0 Å². The Hall–Kier alpha value is -0.120. The number of rotatable bonds is 0. The largest absolute Gasteiger partial charge is 0.391 e. The molecule has 13 heavy (non-hydrogen) atoms. The smallest absolute Gasteiger partial charge is 0.0736 e. The molecule has 1 N–H and O–H groups in total. The van der Waals surface area contributed by atoms with Crippen molar-refractivity contribution in [1.29, 1.82) is 0 Å². The molecule has 0 saturated carbocycles. The maximum Gasteiger partial charge on any atom is 0.0736 e.